The molecule has 0 radical (unpaired) electrons. The van der Waals surface area contributed by atoms with Gasteiger partial charge in [-0.1, -0.05) is 32.0 Å². The molecule has 1 heterocycles. The lowest BCUT2D eigenvalue weighted by molar-refractivity contribution is -0.121. The van der Waals surface area contributed by atoms with Gasteiger partial charge in [0, 0.05) is 38.4 Å². The van der Waals surface area contributed by atoms with E-state index in [1.165, 1.54) is 11.1 Å². The molecule has 1 fully saturated rings. The van der Waals surface area contributed by atoms with Gasteiger partial charge in [-0.2, -0.15) is 0 Å². The van der Waals surface area contributed by atoms with Gasteiger partial charge in [0.25, 0.3) is 0 Å². The Morgan fingerprint density at radius 3 is 2.16 bits per heavy atom. The number of nitrogens with one attached hydrogen (secondary N) is 1. The van der Waals surface area contributed by atoms with Crippen molar-refractivity contribution in [2.75, 3.05) is 45.7 Å². The van der Waals surface area contributed by atoms with E-state index in [1.54, 1.807) is 14.2 Å². The number of piperazine rings is 1. The van der Waals surface area contributed by atoms with E-state index in [4.69, 9.17) is 9.47 Å². The van der Waals surface area contributed by atoms with Gasteiger partial charge >= 0.3 is 0 Å². The molecule has 31 heavy (non-hydrogen) atoms. The lowest BCUT2D eigenvalue weighted by Gasteiger charge is -2.37. The molecule has 1 atom stereocenters. The Kier molecular flexibility index (Phi) is 7.93. The highest BCUT2D eigenvalue weighted by Crippen LogP contribution is 2.28. The maximum Gasteiger partial charge on any atom is 0.241 e. The monoisotopic (exact) mass is 425 g/mol. The van der Waals surface area contributed by atoms with Gasteiger partial charge in [0.2, 0.25) is 5.91 Å². The highest BCUT2D eigenvalue weighted by atomic mass is 16.5. The molecule has 168 valence electrons. The number of hydrogen-bond donors (Lipinski definition) is 1. The molecule has 0 aliphatic carbocycles. The second kappa shape index (κ2) is 10.6. The van der Waals surface area contributed by atoms with Crippen LogP contribution in [0.4, 0.5) is 5.69 Å². The van der Waals surface area contributed by atoms with E-state index < -0.39 is 0 Å². The van der Waals surface area contributed by atoms with Crippen molar-refractivity contribution in [3.05, 3.63) is 53.6 Å². The Balaban J connectivity index is 1.50. The van der Waals surface area contributed by atoms with E-state index >= 15 is 0 Å². The first-order valence-corrected chi connectivity index (χ1v) is 11.0. The van der Waals surface area contributed by atoms with Gasteiger partial charge in [0.05, 0.1) is 20.3 Å². The zero-order chi connectivity index (χ0) is 22.4. The molecule has 6 nitrogen and oxygen atoms in total. The molecule has 0 bridgehead atoms. The van der Waals surface area contributed by atoms with Crippen LogP contribution in [0.25, 0.3) is 0 Å². The summed E-state index contributed by atoms with van der Waals surface area (Å²) < 4.78 is 10.7. The summed E-state index contributed by atoms with van der Waals surface area (Å²) >= 11 is 0. The molecule has 1 aliphatic heterocycles. The molecule has 1 amide bonds. The molecule has 1 aliphatic rings. The average molecular weight is 426 g/mol. The minimum absolute atomic E-state index is 0.0469. The number of carbonyl (C=O) groups excluding carboxylic acids is 1. The largest absolute Gasteiger partial charge is 0.493 e. The molecule has 2 aromatic carbocycles. The fourth-order valence-corrected chi connectivity index (χ4v) is 3.91. The first kappa shape index (κ1) is 23.1. The van der Waals surface area contributed by atoms with Crippen LogP contribution >= 0.6 is 0 Å². The van der Waals surface area contributed by atoms with Crippen molar-refractivity contribution in [2.45, 2.75) is 39.3 Å². The first-order chi connectivity index (χ1) is 14.9. The summed E-state index contributed by atoms with van der Waals surface area (Å²) in [4.78, 5) is 17.4. The fraction of sp³-hybridized carbons (Fsp3) is 0.480. The van der Waals surface area contributed by atoms with Crippen LogP contribution in [0.15, 0.2) is 42.5 Å². The van der Waals surface area contributed by atoms with Crippen molar-refractivity contribution in [1.29, 1.82) is 0 Å². The lowest BCUT2D eigenvalue weighted by Crippen LogP contribution is -2.52. The number of ether oxygens (including phenoxy) is 2. The Labute approximate surface area is 186 Å². The molecule has 2 aromatic rings. The van der Waals surface area contributed by atoms with E-state index in [1.807, 2.05) is 31.2 Å². The molecule has 0 unspecified atom stereocenters. The van der Waals surface area contributed by atoms with E-state index in [0.29, 0.717) is 5.92 Å². The summed E-state index contributed by atoms with van der Waals surface area (Å²) in [7, 11) is 3.31. The molecule has 3 rings (SSSR count). The summed E-state index contributed by atoms with van der Waals surface area (Å²) in [6.07, 6.45) is 0. The maximum atomic E-state index is 12.7. The standard InChI is InChI=1S/C25H35N3O3/c1-18(2)21-7-9-22(10-8-21)26-25(29)19(3)28-14-12-27(13-15-28)17-20-6-11-23(30-4)24(16-20)31-5/h6-11,16,18-19H,12-15,17H2,1-5H3,(H,26,29)/t19-/m0/s1. The van der Waals surface area contributed by atoms with Crippen LogP contribution in [-0.2, 0) is 11.3 Å². The van der Waals surface area contributed by atoms with Crippen LogP contribution < -0.4 is 14.8 Å². The van der Waals surface area contributed by atoms with Crippen molar-refractivity contribution in [1.82, 2.24) is 9.80 Å². The zero-order valence-electron chi connectivity index (χ0n) is 19.4. The SMILES string of the molecule is COc1ccc(CN2CCN([C@@H](C)C(=O)Nc3ccc(C(C)C)cc3)CC2)cc1OC. The van der Waals surface area contributed by atoms with Gasteiger partial charge in [0.15, 0.2) is 11.5 Å². The minimum Gasteiger partial charge on any atom is -0.493 e. The van der Waals surface area contributed by atoms with Gasteiger partial charge in [-0.3, -0.25) is 14.6 Å². The third kappa shape index (κ3) is 5.99. The Morgan fingerprint density at radius 1 is 0.935 bits per heavy atom. The van der Waals surface area contributed by atoms with Crippen molar-refractivity contribution in [3.8, 4) is 11.5 Å². The number of methoxy groups -OCH3 is 2. The quantitative estimate of drug-likeness (QED) is 0.694. The molecule has 0 aromatic heterocycles. The maximum absolute atomic E-state index is 12.7. The number of anilines is 1. The molecule has 1 N–H and O–H groups in total. The summed E-state index contributed by atoms with van der Waals surface area (Å²) in [5.74, 6) is 2.03. The summed E-state index contributed by atoms with van der Waals surface area (Å²) in [6, 6.07) is 14.0. The highest BCUT2D eigenvalue weighted by Gasteiger charge is 2.25. The van der Waals surface area contributed by atoms with Crippen LogP contribution in [0.3, 0.4) is 0 Å². The topological polar surface area (TPSA) is 54.0 Å². The predicted octanol–water partition coefficient (Wildman–Crippen LogP) is 3.97. The Bertz CT molecular complexity index is 859. The van der Waals surface area contributed by atoms with Gasteiger partial charge in [-0.05, 0) is 48.2 Å². The summed E-state index contributed by atoms with van der Waals surface area (Å²) in [5, 5.41) is 3.06. The van der Waals surface area contributed by atoms with Crippen molar-refractivity contribution in [2.24, 2.45) is 0 Å². The van der Waals surface area contributed by atoms with Gasteiger partial charge in [-0.25, -0.2) is 0 Å². The van der Waals surface area contributed by atoms with E-state index in [-0.39, 0.29) is 11.9 Å². The lowest BCUT2D eigenvalue weighted by atomic mass is 10.0. The van der Waals surface area contributed by atoms with E-state index in [9.17, 15) is 4.79 Å². The number of amides is 1. The molecule has 0 spiro atoms. The van der Waals surface area contributed by atoms with Crippen molar-refractivity contribution >= 4 is 11.6 Å². The Hall–Kier alpha value is -2.57. The third-order valence-electron chi connectivity index (χ3n) is 6.03. The van der Waals surface area contributed by atoms with E-state index in [2.05, 4.69) is 47.2 Å². The normalized spacial score (nSPS) is 16.2. The Morgan fingerprint density at radius 2 is 1.58 bits per heavy atom. The molecular weight excluding hydrogens is 390 g/mol. The predicted molar refractivity (Wildman–Crippen MR) is 125 cm³/mol. The van der Waals surface area contributed by atoms with Crippen molar-refractivity contribution < 1.29 is 14.3 Å². The second-order valence-electron chi connectivity index (χ2n) is 8.44. The van der Waals surface area contributed by atoms with Gasteiger partial charge < -0.3 is 14.8 Å². The molecule has 0 saturated carbocycles. The number of nitrogens with zero attached hydrogens (tertiary/aromatic N) is 2. The zero-order valence-corrected chi connectivity index (χ0v) is 19.4. The third-order valence-corrected chi connectivity index (χ3v) is 6.03. The van der Waals surface area contributed by atoms with Crippen LogP contribution in [-0.4, -0.2) is 62.1 Å². The molecule has 6 heteroatoms. The van der Waals surface area contributed by atoms with E-state index in [0.717, 1.165) is 49.9 Å². The van der Waals surface area contributed by atoms with Gasteiger partial charge in [0.1, 0.15) is 0 Å². The number of hydrogen-bond acceptors (Lipinski definition) is 5. The summed E-state index contributed by atoms with van der Waals surface area (Å²) in [6.45, 7) is 10.8. The summed E-state index contributed by atoms with van der Waals surface area (Å²) in [5.41, 5.74) is 3.33. The number of benzene rings is 2. The fourth-order valence-electron chi connectivity index (χ4n) is 3.91. The average Bonchev–Trinajstić information content (AvgIpc) is 2.79. The molecular formula is C25H35N3O3. The van der Waals surface area contributed by atoms with Gasteiger partial charge in [-0.15, -0.1) is 0 Å². The first-order valence-electron chi connectivity index (χ1n) is 11.0. The highest BCUT2D eigenvalue weighted by molar-refractivity contribution is 5.94. The van der Waals surface area contributed by atoms with Crippen molar-refractivity contribution in [3.63, 3.8) is 0 Å². The number of rotatable bonds is 8. The van der Waals surface area contributed by atoms with Crippen LogP contribution in [0, 0.1) is 0 Å². The van der Waals surface area contributed by atoms with Crippen LogP contribution in [0.5, 0.6) is 11.5 Å². The minimum atomic E-state index is -0.159. The molecule has 1 saturated heterocycles. The second-order valence-corrected chi connectivity index (χ2v) is 8.44. The van der Waals surface area contributed by atoms with Crippen LogP contribution in [0.1, 0.15) is 37.8 Å². The number of carbonyl (C=O) groups is 1. The van der Waals surface area contributed by atoms with Crippen LogP contribution in [0.2, 0.25) is 0 Å². The smallest absolute Gasteiger partial charge is 0.241 e.